The highest BCUT2D eigenvalue weighted by Gasteiger charge is 2.21. The molecule has 0 radical (unpaired) electrons. The predicted octanol–water partition coefficient (Wildman–Crippen LogP) is 3.65. The van der Waals surface area contributed by atoms with Gasteiger partial charge in [-0.15, -0.1) is 0 Å². The third-order valence-electron chi connectivity index (χ3n) is 4.89. The molecule has 2 heterocycles. The average molecular weight is 381 g/mol. The van der Waals surface area contributed by atoms with Gasteiger partial charge < -0.3 is 15.1 Å². The summed E-state index contributed by atoms with van der Waals surface area (Å²) in [4.78, 5) is 21.2. The topological polar surface area (TPSA) is 48.5 Å². The molecule has 0 spiro atoms. The molecule has 4 rings (SSSR count). The molecule has 0 atom stereocenters. The number of carbonyl (C=O) groups excluding carboxylic acids is 1. The molecule has 5 nitrogen and oxygen atoms in total. The van der Waals surface area contributed by atoms with Crippen molar-refractivity contribution in [2.24, 2.45) is 0 Å². The highest BCUT2D eigenvalue weighted by Crippen LogP contribution is 2.24. The van der Waals surface area contributed by atoms with E-state index in [1.807, 2.05) is 47.4 Å². The number of para-hydroxylation sites is 1. The van der Waals surface area contributed by atoms with E-state index in [0.717, 1.165) is 42.8 Å². The van der Waals surface area contributed by atoms with Crippen LogP contribution in [0.3, 0.4) is 0 Å². The number of amides is 1. The van der Waals surface area contributed by atoms with Gasteiger partial charge in [-0.25, -0.2) is 0 Å². The van der Waals surface area contributed by atoms with E-state index in [0.29, 0.717) is 5.02 Å². The number of fused-ring (bicyclic) bond motifs is 1. The molecule has 0 saturated carbocycles. The SMILES string of the molecule is O=C(CNc1ccnc2cc(Cl)ccc12)N1CCN(c2ccccc2)CC1. The first kappa shape index (κ1) is 17.6. The maximum Gasteiger partial charge on any atom is 0.241 e. The Bertz CT molecular complexity index is 939. The first-order valence-corrected chi connectivity index (χ1v) is 9.44. The van der Waals surface area contributed by atoms with Crippen molar-refractivity contribution in [1.82, 2.24) is 9.88 Å². The van der Waals surface area contributed by atoms with Crippen LogP contribution in [0.15, 0.2) is 60.8 Å². The van der Waals surface area contributed by atoms with Crippen molar-refractivity contribution < 1.29 is 4.79 Å². The van der Waals surface area contributed by atoms with Gasteiger partial charge >= 0.3 is 0 Å². The highest BCUT2D eigenvalue weighted by atomic mass is 35.5. The second-order valence-corrected chi connectivity index (χ2v) is 7.01. The van der Waals surface area contributed by atoms with E-state index < -0.39 is 0 Å². The van der Waals surface area contributed by atoms with E-state index >= 15 is 0 Å². The van der Waals surface area contributed by atoms with Crippen LogP contribution in [-0.2, 0) is 4.79 Å². The van der Waals surface area contributed by atoms with Crippen molar-refractivity contribution in [3.8, 4) is 0 Å². The Kier molecular flexibility index (Phi) is 5.12. The molecule has 6 heteroatoms. The zero-order valence-electron chi connectivity index (χ0n) is 14.9. The van der Waals surface area contributed by atoms with E-state index in [9.17, 15) is 4.79 Å². The molecule has 1 saturated heterocycles. The summed E-state index contributed by atoms with van der Waals surface area (Å²) in [5, 5.41) is 4.87. The minimum atomic E-state index is 0.113. The maximum atomic E-state index is 12.6. The van der Waals surface area contributed by atoms with Crippen LogP contribution in [0.1, 0.15) is 0 Å². The first-order chi connectivity index (χ1) is 13.2. The number of rotatable bonds is 4. The number of piperazine rings is 1. The monoisotopic (exact) mass is 380 g/mol. The summed E-state index contributed by atoms with van der Waals surface area (Å²) in [5.41, 5.74) is 2.93. The smallest absolute Gasteiger partial charge is 0.241 e. The van der Waals surface area contributed by atoms with Crippen molar-refractivity contribution in [3.63, 3.8) is 0 Å². The molecule has 1 fully saturated rings. The fourth-order valence-electron chi connectivity index (χ4n) is 3.41. The Morgan fingerprint density at radius 2 is 1.81 bits per heavy atom. The molecule has 1 N–H and O–H groups in total. The molecule has 1 aliphatic heterocycles. The number of carbonyl (C=O) groups is 1. The van der Waals surface area contributed by atoms with E-state index in [-0.39, 0.29) is 12.5 Å². The zero-order chi connectivity index (χ0) is 18.6. The molecule has 3 aromatic rings. The number of aromatic nitrogens is 1. The standard InChI is InChI=1S/C21H21ClN4O/c22-16-6-7-18-19(8-9-23-20(18)14-16)24-15-21(27)26-12-10-25(11-13-26)17-4-2-1-3-5-17/h1-9,14H,10-13,15H2,(H,23,24). The van der Waals surface area contributed by atoms with Crippen LogP contribution < -0.4 is 10.2 Å². The summed E-state index contributed by atoms with van der Waals surface area (Å²) in [6, 6.07) is 17.8. The Morgan fingerprint density at radius 1 is 1.04 bits per heavy atom. The van der Waals surface area contributed by atoms with Crippen LogP contribution in [0.4, 0.5) is 11.4 Å². The summed E-state index contributed by atoms with van der Waals surface area (Å²) in [5.74, 6) is 0.113. The van der Waals surface area contributed by atoms with Gasteiger partial charge in [0.1, 0.15) is 0 Å². The van der Waals surface area contributed by atoms with Gasteiger partial charge in [0.25, 0.3) is 0 Å². The lowest BCUT2D eigenvalue weighted by Gasteiger charge is -2.36. The molecule has 0 unspecified atom stereocenters. The summed E-state index contributed by atoms with van der Waals surface area (Å²) in [6.45, 7) is 3.45. The molecule has 1 aliphatic rings. The Balaban J connectivity index is 1.35. The number of halogens is 1. The van der Waals surface area contributed by atoms with Crippen LogP contribution in [0, 0.1) is 0 Å². The van der Waals surface area contributed by atoms with Crippen LogP contribution in [-0.4, -0.2) is 48.5 Å². The maximum absolute atomic E-state index is 12.6. The summed E-state index contributed by atoms with van der Waals surface area (Å²) >= 11 is 6.03. The Hall–Kier alpha value is -2.79. The minimum Gasteiger partial charge on any atom is -0.376 e. The second-order valence-electron chi connectivity index (χ2n) is 6.58. The summed E-state index contributed by atoms with van der Waals surface area (Å²) in [6.07, 6.45) is 1.73. The summed E-state index contributed by atoms with van der Waals surface area (Å²) in [7, 11) is 0. The fraction of sp³-hybridized carbons (Fsp3) is 0.238. The molecule has 1 aromatic heterocycles. The van der Waals surface area contributed by atoms with E-state index in [4.69, 9.17) is 11.6 Å². The third kappa shape index (κ3) is 3.98. The zero-order valence-corrected chi connectivity index (χ0v) is 15.7. The third-order valence-corrected chi connectivity index (χ3v) is 5.12. The number of nitrogens with zero attached hydrogens (tertiary/aromatic N) is 3. The van der Waals surface area contributed by atoms with Crippen LogP contribution >= 0.6 is 11.6 Å². The summed E-state index contributed by atoms with van der Waals surface area (Å²) < 4.78 is 0. The largest absolute Gasteiger partial charge is 0.376 e. The number of pyridine rings is 1. The minimum absolute atomic E-state index is 0.113. The van der Waals surface area contributed by atoms with Crippen LogP contribution in [0.25, 0.3) is 10.9 Å². The van der Waals surface area contributed by atoms with E-state index in [1.54, 1.807) is 6.20 Å². The molecule has 1 amide bonds. The van der Waals surface area contributed by atoms with E-state index in [1.165, 1.54) is 5.69 Å². The number of benzene rings is 2. The highest BCUT2D eigenvalue weighted by molar-refractivity contribution is 6.31. The van der Waals surface area contributed by atoms with Gasteiger partial charge in [0, 0.05) is 54.2 Å². The van der Waals surface area contributed by atoms with Gasteiger partial charge in [-0.3, -0.25) is 9.78 Å². The lowest BCUT2D eigenvalue weighted by Crippen LogP contribution is -2.50. The van der Waals surface area contributed by atoms with Crippen molar-refractivity contribution in [2.45, 2.75) is 0 Å². The van der Waals surface area contributed by atoms with Crippen LogP contribution in [0.2, 0.25) is 5.02 Å². The van der Waals surface area contributed by atoms with Gasteiger partial charge in [0.15, 0.2) is 0 Å². The van der Waals surface area contributed by atoms with Gasteiger partial charge in [-0.2, -0.15) is 0 Å². The second kappa shape index (κ2) is 7.84. The fourth-order valence-corrected chi connectivity index (χ4v) is 3.58. The Labute approximate surface area is 163 Å². The molecule has 2 aromatic carbocycles. The molecule has 138 valence electrons. The van der Waals surface area contributed by atoms with Crippen molar-refractivity contribution in [1.29, 1.82) is 0 Å². The molecule has 0 aliphatic carbocycles. The number of anilines is 2. The van der Waals surface area contributed by atoms with Crippen molar-refractivity contribution in [2.75, 3.05) is 42.9 Å². The van der Waals surface area contributed by atoms with Crippen molar-refractivity contribution in [3.05, 3.63) is 65.8 Å². The van der Waals surface area contributed by atoms with Crippen LogP contribution in [0.5, 0.6) is 0 Å². The van der Waals surface area contributed by atoms with Gasteiger partial charge in [-0.1, -0.05) is 29.8 Å². The van der Waals surface area contributed by atoms with E-state index in [2.05, 4.69) is 27.3 Å². The lowest BCUT2D eigenvalue weighted by molar-refractivity contribution is -0.129. The average Bonchev–Trinajstić information content (AvgIpc) is 2.72. The Morgan fingerprint density at radius 3 is 2.59 bits per heavy atom. The normalized spacial score (nSPS) is 14.4. The lowest BCUT2D eigenvalue weighted by atomic mass is 10.2. The number of hydrogen-bond donors (Lipinski definition) is 1. The molecular formula is C21H21ClN4O. The van der Waals surface area contributed by atoms with Gasteiger partial charge in [0.2, 0.25) is 5.91 Å². The molecule has 27 heavy (non-hydrogen) atoms. The number of nitrogens with one attached hydrogen (secondary N) is 1. The van der Waals surface area contributed by atoms with Crippen molar-refractivity contribution >= 4 is 39.8 Å². The molecule has 0 bridgehead atoms. The predicted molar refractivity (Wildman–Crippen MR) is 110 cm³/mol. The molecular weight excluding hydrogens is 360 g/mol. The van der Waals surface area contributed by atoms with Gasteiger partial charge in [-0.05, 0) is 36.4 Å². The first-order valence-electron chi connectivity index (χ1n) is 9.06. The van der Waals surface area contributed by atoms with Gasteiger partial charge in [0.05, 0.1) is 12.1 Å². The quantitative estimate of drug-likeness (QED) is 0.750. The number of hydrogen-bond acceptors (Lipinski definition) is 4.